The lowest BCUT2D eigenvalue weighted by Gasteiger charge is -2.11. The van der Waals surface area contributed by atoms with Gasteiger partial charge in [-0.25, -0.2) is 0 Å². The molecule has 4 nitrogen and oxygen atoms in total. The van der Waals surface area contributed by atoms with Crippen LogP contribution in [0.4, 0.5) is 0 Å². The fourth-order valence-electron chi connectivity index (χ4n) is 1.76. The lowest BCUT2D eigenvalue weighted by molar-refractivity contribution is -0.137. The topological polar surface area (TPSA) is 66.8 Å². The third-order valence-electron chi connectivity index (χ3n) is 2.86. The average Bonchev–Trinajstić information content (AvgIpc) is 2.96. The van der Waals surface area contributed by atoms with Crippen LogP contribution in [0.25, 0.3) is 0 Å². The molecule has 0 radical (unpaired) electrons. The Labute approximate surface area is 121 Å². The van der Waals surface area contributed by atoms with Gasteiger partial charge < -0.3 is 14.9 Å². The van der Waals surface area contributed by atoms with Gasteiger partial charge in [0.25, 0.3) is 0 Å². The first-order valence-electron chi connectivity index (χ1n) is 6.30. The van der Waals surface area contributed by atoms with Gasteiger partial charge in [-0.2, -0.15) is 0 Å². The lowest BCUT2D eigenvalue weighted by Crippen LogP contribution is -2.02. The van der Waals surface area contributed by atoms with E-state index in [-0.39, 0.29) is 12.8 Å². The zero-order valence-corrected chi connectivity index (χ0v) is 11.7. The normalized spacial score (nSPS) is 12.1. The molecule has 0 spiro atoms. The summed E-state index contributed by atoms with van der Waals surface area (Å²) in [4.78, 5) is 11.6. The molecule has 0 bridgehead atoms. The lowest BCUT2D eigenvalue weighted by atomic mass is 10.1. The minimum Gasteiger partial charge on any atom is -0.488 e. The predicted molar refractivity (Wildman–Crippen MR) is 76.9 cm³/mol. The van der Waals surface area contributed by atoms with Crippen LogP contribution in [0.5, 0.6) is 5.75 Å². The second kappa shape index (κ2) is 7.07. The van der Waals surface area contributed by atoms with Crippen molar-refractivity contribution in [1.82, 2.24) is 0 Å². The van der Waals surface area contributed by atoms with E-state index in [2.05, 4.69) is 0 Å². The van der Waals surface area contributed by atoms with Crippen LogP contribution in [-0.2, 0) is 11.4 Å². The number of carboxylic acids is 1. The maximum absolute atomic E-state index is 10.5. The van der Waals surface area contributed by atoms with E-state index in [4.69, 9.17) is 9.84 Å². The van der Waals surface area contributed by atoms with Crippen LogP contribution in [0.2, 0.25) is 0 Å². The molecule has 0 aliphatic rings. The van der Waals surface area contributed by atoms with Crippen molar-refractivity contribution in [3.05, 3.63) is 52.2 Å². The largest absolute Gasteiger partial charge is 0.488 e. The van der Waals surface area contributed by atoms with Crippen molar-refractivity contribution >= 4 is 17.3 Å². The van der Waals surface area contributed by atoms with Gasteiger partial charge in [-0.15, -0.1) is 11.3 Å². The van der Waals surface area contributed by atoms with Crippen molar-refractivity contribution in [3.63, 3.8) is 0 Å². The summed E-state index contributed by atoms with van der Waals surface area (Å²) in [7, 11) is 0. The molecule has 0 saturated carbocycles. The Hall–Kier alpha value is -1.85. The maximum atomic E-state index is 10.5. The van der Waals surface area contributed by atoms with Gasteiger partial charge in [0.2, 0.25) is 0 Å². The second-order valence-electron chi connectivity index (χ2n) is 4.39. The molecule has 1 aromatic carbocycles. The van der Waals surface area contributed by atoms with Gasteiger partial charge in [0.05, 0.1) is 6.10 Å². The Balaban J connectivity index is 1.87. The van der Waals surface area contributed by atoms with Crippen LogP contribution in [0.3, 0.4) is 0 Å². The molecule has 2 aromatic rings. The Morgan fingerprint density at radius 3 is 2.60 bits per heavy atom. The van der Waals surface area contributed by atoms with Crippen molar-refractivity contribution < 1.29 is 19.7 Å². The van der Waals surface area contributed by atoms with Gasteiger partial charge >= 0.3 is 5.97 Å². The number of hydrogen-bond acceptors (Lipinski definition) is 4. The zero-order valence-electron chi connectivity index (χ0n) is 10.9. The molecule has 0 saturated heterocycles. The number of hydrogen-bond donors (Lipinski definition) is 2. The summed E-state index contributed by atoms with van der Waals surface area (Å²) < 4.78 is 5.62. The van der Waals surface area contributed by atoms with Crippen molar-refractivity contribution in [3.8, 4) is 5.75 Å². The van der Waals surface area contributed by atoms with E-state index in [1.807, 2.05) is 17.5 Å². The molecule has 1 aromatic heterocycles. The number of ether oxygens (including phenoxy) is 1. The van der Waals surface area contributed by atoms with Crippen LogP contribution in [0.1, 0.15) is 29.4 Å². The number of aliphatic hydroxyl groups is 1. The third-order valence-corrected chi connectivity index (χ3v) is 3.71. The summed E-state index contributed by atoms with van der Waals surface area (Å²) in [5, 5.41) is 20.4. The first-order valence-corrected chi connectivity index (χ1v) is 7.18. The SMILES string of the molecule is O=C(O)CCC(O)c1ccc(OCc2cccs2)cc1. The highest BCUT2D eigenvalue weighted by Gasteiger charge is 2.09. The maximum Gasteiger partial charge on any atom is 0.303 e. The minimum absolute atomic E-state index is 0.0439. The number of aliphatic carboxylic acids is 1. The van der Waals surface area contributed by atoms with Gasteiger partial charge in [0.1, 0.15) is 12.4 Å². The summed E-state index contributed by atoms with van der Waals surface area (Å²) >= 11 is 1.64. The van der Waals surface area contributed by atoms with Crippen LogP contribution in [0.15, 0.2) is 41.8 Å². The predicted octanol–water partition coefficient (Wildman–Crippen LogP) is 3.23. The van der Waals surface area contributed by atoms with Gasteiger partial charge in [-0.05, 0) is 35.6 Å². The Morgan fingerprint density at radius 2 is 2.00 bits per heavy atom. The van der Waals surface area contributed by atoms with Crippen molar-refractivity contribution in [1.29, 1.82) is 0 Å². The number of rotatable bonds is 7. The number of aliphatic hydroxyl groups excluding tert-OH is 1. The summed E-state index contributed by atoms with van der Waals surface area (Å²) in [5.41, 5.74) is 0.703. The van der Waals surface area contributed by atoms with E-state index < -0.39 is 12.1 Å². The molecule has 1 unspecified atom stereocenters. The molecule has 5 heteroatoms. The fourth-order valence-corrected chi connectivity index (χ4v) is 2.38. The molecule has 1 heterocycles. The van der Waals surface area contributed by atoms with E-state index >= 15 is 0 Å². The van der Waals surface area contributed by atoms with Crippen molar-refractivity contribution in [2.45, 2.75) is 25.6 Å². The number of benzene rings is 1. The molecule has 0 aliphatic heterocycles. The Kier molecular flexibility index (Phi) is 5.15. The molecular weight excluding hydrogens is 276 g/mol. The third kappa shape index (κ3) is 4.36. The van der Waals surface area contributed by atoms with Gasteiger partial charge in [0.15, 0.2) is 0 Å². The quantitative estimate of drug-likeness (QED) is 0.822. The van der Waals surface area contributed by atoms with E-state index in [1.165, 1.54) is 0 Å². The highest BCUT2D eigenvalue weighted by Crippen LogP contribution is 2.22. The number of thiophene rings is 1. The molecular formula is C15H16O4S. The second-order valence-corrected chi connectivity index (χ2v) is 5.42. The summed E-state index contributed by atoms with van der Waals surface area (Å²) in [6.45, 7) is 0.526. The van der Waals surface area contributed by atoms with Crippen LogP contribution < -0.4 is 4.74 Å². The fraction of sp³-hybridized carbons (Fsp3) is 0.267. The van der Waals surface area contributed by atoms with Crippen molar-refractivity contribution in [2.75, 3.05) is 0 Å². The number of carboxylic acid groups (broad SMARTS) is 1. The van der Waals surface area contributed by atoms with Crippen LogP contribution in [-0.4, -0.2) is 16.2 Å². The summed E-state index contributed by atoms with van der Waals surface area (Å²) in [6.07, 6.45) is -0.583. The molecule has 0 amide bonds. The zero-order chi connectivity index (χ0) is 14.4. The number of carbonyl (C=O) groups is 1. The monoisotopic (exact) mass is 292 g/mol. The van der Waals surface area contributed by atoms with Crippen molar-refractivity contribution in [2.24, 2.45) is 0 Å². The van der Waals surface area contributed by atoms with E-state index in [9.17, 15) is 9.90 Å². The van der Waals surface area contributed by atoms with Crippen LogP contribution >= 0.6 is 11.3 Å². The van der Waals surface area contributed by atoms with Gasteiger partial charge in [0, 0.05) is 11.3 Å². The van der Waals surface area contributed by atoms with Gasteiger partial charge in [-0.1, -0.05) is 18.2 Å². The summed E-state index contributed by atoms with van der Waals surface area (Å²) in [5.74, 6) is -0.174. The molecule has 0 aliphatic carbocycles. The standard InChI is InChI=1S/C15H16O4S/c16-14(7-8-15(17)18)11-3-5-12(6-4-11)19-10-13-2-1-9-20-13/h1-6,9,14,16H,7-8,10H2,(H,17,18). The Morgan fingerprint density at radius 1 is 1.25 bits per heavy atom. The first-order chi connectivity index (χ1) is 9.65. The van der Waals surface area contributed by atoms with Crippen LogP contribution in [0, 0.1) is 0 Å². The Bertz CT molecular complexity index is 534. The summed E-state index contributed by atoms with van der Waals surface area (Å²) in [6, 6.07) is 11.1. The average molecular weight is 292 g/mol. The smallest absolute Gasteiger partial charge is 0.303 e. The molecule has 20 heavy (non-hydrogen) atoms. The molecule has 2 rings (SSSR count). The van der Waals surface area contributed by atoms with E-state index in [1.54, 1.807) is 35.6 Å². The highest BCUT2D eigenvalue weighted by atomic mass is 32.1. The van der Waals surface area contributed by atoms with E-state index in [0.717, 1.165) is 10.6 Å². The highest BCUT2D eigenvalue weighted by molar-refractivity contribution is 7.09. The van der Waals surface area contributed by atoms with Gasteiger partial charge in [-0.3, -0.25) is 4.79 Å². The minimum atomic E-state index is -0.903. The first kappa shape index (κ1) is 14.6. The van der Waals surface area contributed by atoms with E-state index in [0.29, 0.717) is 12.2 Å². The molecule has 2 N–H and O–H groups in total. The molecule has 106 valence electrons. The molecule has 0 fully saturated rings. The molecule has 1 atom stereocenters.